The number of esters is 1. The fourth-order valence-corrected chi connectivity index (χ4v) is 4.90. The molecule has 0 radical (unpaired) electrons. The maximum Gasteiger partial charge on any atom is 0.341 e. The number of amides is 1. The van der Waals surface area contributed by atoms with Gasteiger partial charge in [-0.05, 0) is 56.3 Å². The molecule has 4 rings (SSSR count). The summed E-state index contributed by atoms with van der Waals surface area (Å²) in [5, 5.41) is 2.50. The molecule has 0 fully saturated rings. The van der Waals surface area contributed by atoms with E-state index in [0.29, 0.717) is 23.5 Å². The number of nitrogens with zero attached hydrogens (tertiary/aromatic N) is 2. The first-order chi connectivity index (χ1) is 18.9. The van der Waals surface area contributed by atoms with Gasteiger partial charge in [0.25, 0.3) is 21.5 Å². The normalized spacial score (nSPS) is 12.0. The monoisotopic (exact) mass is 570 g/mol. The summed E-state index contributed by atoms with van der Waals surface area (Å²) in [4.78, 5) is 38.3. The third-order valence-corrected chi connectivity index (χ3v) is 7.41. The molecule has 1 aromatic heterocycles. The Kier molecular flexibility index (Phi) is 7.86. The number of carbonyl (C=O) groups excluding carboxylic acids is 2. The van der Waals surface area contributed by atoms with E-state index in [9.17, 15) is 31.6 Å². The van der Waals surface area contributed by atoms with Crippen LogP contribution in [-0.2, 0) is 26.6 Å². The third kappa shape index (κ3) is 5.64. The molecule has 208 valence electrons. The number of hydrogen-bond acceptors (Lipinski definition) is 6. The summed E-state index contributed by atoms with van der Waals surface area (Å²) in [6.07, 6.45) is -1.38. The van der Waals surface area contributed by atoms with Crippen molar-refractivity contribution in [3.63, 3.8) is 0 Å². The van der Waals surface area contributed by atoms with Crippen LogP contribution in [0.25, 0.3) is 5.69 Å². The molecular weight excluding hydrogens is 546 g/mol. The molecule has 0 saturated heterocycles. The molecule has 0 bridgehead atoms. The summed E-state index contributed by atoms with van der Waals surface area (Å²) >= 11 is 0. The van der Waals surface area contributed by atoms with E-state index in [-0.39, 0.29) is 16.9 Å². The Hall–Kier alpha value is -4.78. The summed E-state index contributed by atoms with van der Waals surface area (Å²) < 4.78 is 62.6. The molecule has 4 aromatic rings. The minimum absolute atomic E-state index is 0.000979. The number of nitrogens with one attached hydrogen (secondary N) is 2. The van der Waals surface area contributed by atoms with E-state index in [4.69, 9.17) is 4.74 Å². The van der Waals surface area contributed by atoms with E-state index >= 15 is 0 Å². The molecule has 1 amide bonds. The summed E-state index contributed by atoms with van der Waals surface area (Å²) in [6, 6.07) is 16.2. The number of anilines is 2. The minimum atomic E-state index is -4.41. The highest BCUT2D eigenvalue weighted by atomic mass is 32.2. The van der Waals surface area contributed by atoms with Gasteiger partial charge in [0.05, 0.1) is 27.5 Å². The van der Waals surface area contributed by atoms with Gasteiger partial charge in [-0.15, -0.1) is 0 Å². The summed E-state index contributed by atoms with van der Waals surface area (Å²) in [5.41, 5.74) is 0.0948. The van der Waals surface area contributed by atoms with Crippen molar-refractivity contribution in [1.29, 1.82) is 0 Å². The second-order valence-electron chi connectivity index (χ2n) is 8.70. The maximum atomic E-state index is 13.6. The Morgan fingerprint density at radius 2 is 1.60 bits per heavy atom. The molecule has 0 spiro atoms. The van der Waals surface area contributed by atoms with E-state index < -0.39 is 50.1 Å². The zero-order valence-electron chi connectivity index (χ0n) is 21.5. The predicted molar refractivity (Wildman–Crippen MR) is 143 cm³/mol. The van der Waals surface area contributed by atoms with Crippen LogP contribution in [0.4, 0.5) is 20.2 Å². The molecule has 13 heteroatoms. The zero-order valence-corrected chi connectivity index (χ0v) is 22.3. The first-order valence-corrected chi connectivity index (χ1v) is 13.3. The number of halogens is 2. The van der Waals surface area contributed by atoms with Crippen LogP contribution in [0.5, 0.6) is 0 Å². The lowest BCUT2D eigenvalue weighted by Crippen LogP contribution is -2.32. The Labute approximate surface area is 227 Å². The Morgan fingerprint density at radius 3 is 2.27 bits per heavy atom. The zero-order chi connectivity index (χ0) is 29.2. The Bertz CT molecular complexity index is 1770. The highest BCUT2D eigenvalue weighted by molar-refractivity contribution is 7.92. The second-order valence-corrected chi connectivity index (χ2v) is 10.4. The lowest BCUT2D eigenvalue weighted by molar-refractivity contribution is -0.123. The number of hydrogen-bond donors (Lipinski definition) is 2. The minimum Gasteiger partial charge on any atom is -0.449 e. The first kappa shape index (κ1) is 28.2. The highest BCUT2D eigenvalue weighted by Gasteiger charge is 2.26. The first-order valence-electron chi connectivity index (χ1n) is 11.8. The summed E-state index contributed by atoms with van der Waals surface area (Å²) in [6.45, 7) is 2.93. The number of ether oxygens (including phenoxy) is 1. The average molecular weight is 571 g/mol. The van der Waals surface area contributed by atoms with Crippen LogP contribution in [0.3, 0.4) is 0 Å². The van der Waals surface area contributed by atoms with Gasteiger partial charge < -0.3 is 10.1 Å². The largest absolute Gasteiger partial charge is 0.449 e. The van der Waals surface area contributed by atoms with Crippen molar-refractivity contribution in [2.45, 2.75) is 24.8 Å². The van der Waals surface area contributed by atoms with E-state index in [0.717, 1.165) is 6.07 Å². The number of carbonyl (C=O) groups is 2. The van der Waals surface area contributed by atoms with Crippen LogP contribution in [0, 0.1) is 18.6 Å². The van der Waals surface area contributed by atoms with Crippen LogP contribution in [0.2, 0.25) is 0 Å². The van der Waals surface area contributed by atoms with Crippen LogP contribution < -0.4 is 15.6 Å². The van der Waals surface area contributed by atoms with Gasteiger partial charge >= 0.3 is 5.97 Å². The molecular formula is C27H24F2N4O6S. The van der Waals surface area contributed by atoms with Crippen LogP contribution >= 0.6 is 0 Å². The quantitative estimate of drug-likeness (QED) is 0.311. The lowest BCUT2D eigenvalue weighted by Gasteiger charge is -2.16. The van der Waals surface area contributed by atoms with Gasteiger partial charge in [-0.3, -0.25) is 19.0 Å². The van der Waals surface area contributed by atoms with Gasteiger partial charge in [0, 0.05) is 7.05 Å². The summed E-state index contributed by atoms with van der Waals surface area (Å²) in [5.74, 6) is -4.42. The molecule has 3 aromatic carbocycles. The van der Waals surface area contributed by atoms with Gasteiger partial charge in [-0.25, -0.2) is 26.7 Å². The fourth-order valence-electron chi connectivity index (χ4n) is 3.81. The van der Waals surface area contributed by atoms with E-state index in [1.165, 1.54) is 35.9 Å². The molecule has 10 nitrogen and oxygen atoms in total. The fraction of sp³-hybridized carbons (Fsp3) is 0.148. The molecule has 0 aliphatic carbocycles. The molecule has 1 atom stereocenters. The van der Waals surface area contributed by atoms with Crippen molar-refractivity contribution >= 4 is 33.3 Å². The van der Waals surface area contributed by atoms with Crippen LogP contribution in [0.1, 0.15) is 23.0 Å². The average Bonchev–Trinajstić information content (AvgIpc) is 3.13. The van der Waals surface area contributed by atoms with Crippen molar-refractivity contribution in [3.8, 4) is 5.69 Å². The summed E-state index contributed by atoms with van der Waals surface area (Å²) in [7, 11) is -2.76. The number of sulfonamides is 1. The number of para-hydroxylation sites is 2. The molecule has 40 heavy (non-hydrogen) atoms. The van der Waals surface area contributed by atoms with Gasteiger partial charge in [0.1, 0.15) is 5.69 Å². The van der Waals surface area contributed by atoms with Crippen LogP contribution in [-0.4, -0.2) is 35.8 Å². The molecule has 2 N–H and O–H groups in total. The molecule has 0 saturated carbocycles. The third-order valence-electron chi connectivity index (χ3n) is 6.05. The second kappa shape index (κ2) is 11.1. The SMILES string of the molecule is Cc1c(NC(=O)C(C)OC(=O)c2ccccc2NS(=O)(=O)c2ccc(F)c(F)c2)c(=O)n(-c2ccccc2)n1C. The van der Waals surface area contributed by atoms with Crippen molar-refractivity contribution in [1.82, 2.24) is 9.36 Å². The number of rotatable bonds is 8. The lowest BCUT2D eigenvalue weighted by atomic mass is 10.2. The standard InChI is InChI=1S/C27H24F2N4O6S/c1-16-24(26(35)33(32(16)3)18-9-5-4-6-10-18)30-25(34)17(2)39-27(36)20-11-7-8-12-23(20)31-40(37,38)19-13-14-21(28)22(29)15-19/h4-15,17,31H,1-3H3,(H,30,34). The van der Waals surface area contributed by atoms with E-state index in [2.05, 4.69) is 10.0 Å². The van der Waals surface area contributed by atoms with Gasteiger partial charge in [-0.2, -0.15) is 0 Å². The van der Waals surface area contributed by atoms with E-state index in [1.807, 2.05) is 0 Å². The maximum absolute atomic E-state index is 13.6. The highest BCUT2D eigenvalue weighted by Crippen LogP contribution is 2.23. The van der Waals surface area contributed by atoms with Crippen LogP contribution in [0.15, 0.2) is 82.5 Å². The smallest absolute Gasteiger partial charge is 0.341 e. The molecule has 0 aliphatic rings. The molecule has 1 unspecified atom stereocenters. The van der Waals surface area contributed by atoms with Crippen molar-refractivity contribution < 1.29 is 31.5 Å². The van der Waals surface area contributed by atoms with Gasteiger partial charge in [0.15, 0.2) is 17.7 Å². The molecule has 1 heterocycles. The number of aromatic nitrogens is 2. The van der Waals surface area contributed by atoms with E-state index in [1.54, 1.807) is 49.0 Å². The Morgan fingerprint density at radius 1 is 0.950 bits per heavy atom. The number of benzene rings is 3. The van der Waals surface area contributed by atoms with Gasteiger partial charge in [0.2, 0.25) is 0 Å². The predicted octanol–water partition coefficient (Wildman–Crippen LogP) is 3.75. The van der Waals surface area contributed by atoms with Gasteiger partial charge in [-0.1, -0.05) is 30.3 Å². The van der Waals surface area contributed by atoms with Crippen molar-refractivity contribution in [2.24, 2.45) is 7.05 Å². The Balaban J connectivity index is 1.51. The van der Waals surface area contributed by atoms with Crippen molar-refractivity contribution in [2.75, 3.05) is 10.0 Å². The molecule has 0 aliphatic heterocycles. The van der Waals surface area contributed by atoms with Crippen molar-refractivity contribution in [3.05, 3.63) is 106 Å². The topological polar surface area (TPSA) is 128 Å².